The highest BCUT2D eigenvalue weighted by molar-refractivity contribution is 6.31. The maximum atomic E-state index is 12.0. The summed E-state index contributed by atoms with van der Waals surface area (Å²) in [4.78, 5) is 12.0. The van der Waals surface area contributed by atoms with Gasteiger partial charge < -0.3 is 20.1 Å². The number of carbonyl (C=O) groups is 1. The van der Waals surface area contributed by atoms with E-state index in [4.69, 9.17) is 21.1 Å². The Bertz CT molecular complexity index is 736. The molecule has 2 aromatic rings. The standard InChI is InChI=1S/C18H19ClN2O3/c1-12(14-4-2-3-5-15(14)19)20-10-18(22)21-9-13-6-7-16-17(8-13)24-11-23-16/h2-8,12,20H,9-11H2,1H3,(H,21,22)/p+1/t12-/m0/s1. The number of nitrogens with two attached hydrogens (primary N) is 1. The van der Waals surface area contributed by atoms with Crippen LogP contribution in [0, 0.1) is 0 Å². The summed E-state index contributed by atoms with van der Waals surface area (Å²) in [6.45, 7) is 3.09. The first kappa shape index (κ1) is 16.6. The molecule has 1 aliphatic heterocycles. The lowest BCUT2D eigenvalue weighted by atomic mass is 10.1. The molecule has 0 aliphatic carbocycles. The van der Waals surface area contributed by atoms with Gasteiger partial charge in [-0.25, -0.2) is 0 Å². The van der Waals surface area contributed by atoms with Crippen molar-refractivity contribution in [2.24, 2.45) is 0 Å². The number of quaternary nitrogens is 1. The maximum Gasteiger partial charge on any atom is 0.275 e. The Kier molecular flexibility index (Phi) is 5.23. The zero-order valence-corrected chi connectivity index (χ0v) is 14.2. The average Bonchev–Trinajstić information content (AvgIpc) is 3.06. The molecule has 1 amide bonds. The zero-order valence-electron chi connectivity index (χ0n) is 13.4. The van der Waals surface area contributed by atoms with Crippen molar-refractivity contribution >= 4 is 17.5 Å². The van der Waals surface area contributed by atoms with Crippen molar-refractivity contribution in [1.29, 1.82) is 0 Å². The van der Waals surface area contributed by atoms with Gasteiger partial charge in [0.15, 0.2) is 18.0 Å². The van der Waals surface area contributed by atoms with Gasteiger partial charge in [0.05, 0.1) is 0 Å². The van der Waals surface area contributed by atoms with Crippen molar-refractivity contribution in [3.8, 4) is 11.5 Å². The Balaban J connectivity index is 1.47. The Labute approximate surface area is 145 Å². The van der Waals surface area contributed by atoms with Crippen LogP contribution in [0.5, 0.6) is 11.5 Å². The molecule has 0 radical (unpaired) electrons. The second kappa shape index (κ2) is 7.55. The van der Waals surface area contributed by atoms with E-state index >= 15 is 0 Å². The lowest BCUT2D eigenvalue weighted by Gasteiger charge is -2.12. The maximum absolute atomic E-state index is 12.0. The molecule has 0 spiro atoms. The van der Waals surface area contributed by atoms with Crippen LogP contribution in [0.1, 0.15) is 24.1 Å². The molecular weight excluding hydrogens is 328 g/mol. The number of ether oxygens (including phenoxy) is 2. The summed E-state index contributed by atoms with van der Waals surface area (Å²) in [7, 11) is 0. The van der Waals surface area contributed by atoms with Crippen LogP contribution in [-0.2, 0) is 11.3 Å². The third-order valence-corrected chi connectivity index (χ3v) is 4.32. The molecule has 0 saturated heterocycles. The minimum atomic E-state index is -0.0217. The lowest BCUT2D eigenvalue weighted by molar-refractivity contribution is -0.682. The van der Waals surface area contributed by atoms with Gasteiger partial charge in [0.25, 0.3) is 5.91 Å². The van der Waals surface area contributed by atoms with E-state index in [2.05, 4.69) is 5.32 Å². The molecule has 6 heteroatoms. The number of carbonyl (C=O) groups excluding carboxylic acids is 1. The first-order valence-electron chi connectivity index (χ1n) is 7.86. The summed E-state index contributed by atoms with van der Waals surface area (Å²) in [6.07, 6.45) is 0. The lowest BCUT2D eigenvalue weighted by Crippen LogP contribution is -2.87. The van der Waals surface area contributed by atoms with Gasteiger partial charge in [-0.3, -0.25) is 4.79 Å². The van der Waals surface area contributed by atoms with Crippen molar-refractivity contribution in [3.63, 3.8) is 0 Å². The van der Waals surface area contributed by atoms with Gasteiger partial charge in [0.2, 0.25) is 6.79 Å². The van der Waals surface area contributed by atoms with E-state index in [1.165, 1.54) is 0 Å². The smallest absolute Gasteiger partial charge is 0.275 e. The third-order valence-electron chi connectivity index (χ3n) is 3.98. The molecule has 126 valence electrons. The van der Waals surface area contributed by atoms with Crippen molar-refractivity contribution in [3.05, 3.63) is 58.6 Å². The van der Waals surface area contributed by atoms with E-state index in [0.717, 1.165) is 27.6 Å². The number of benzene rings is 2. The minimum absolute atomic E-state index is 0.0217. The fourth-order valence-electron chi connectivity index (χ4n) is 2.58. The van der Waals surface area contributed by atoms with Gasteiger partial charge in [-0.15, -0.1) is 0 Å². The van der Waals surface area contributed by atoms with E-state index in [0.29, 0.717) is 13.1 Å². The fraction of sp³-hybridized carbons (Fsp3) is 0.278. The van der Waals surface area contributed by atoms with Crippen LogP contribution in [0.15, 0.2) is 42.5 Å². The van der Waals surface area contributed by atoms with Gasteiger partial charge in [-0.05, 0) is 30.7 Å². The average molecular weight is 348 g/mol. The Morgan fingerprint density at radius 2 is 2.04 bits per heavy atom. The van der Waals surface area contributed by atoms with Crippen LogP contribution in [0.25, 0.3) is 0 Å². The first-order chi connectivity index (χ1) is 11.6. The van der Waals surface area contributed by atoms with Crippen molar-refractivity contribution in [2.75, 3.05) is 13.3 Å². The van der Waals surface area contributed by atoms with E-state index in [1.54, 1.807) is 0 Å². The monoisotopic (exact) mass is 347 g/mol. The highest BCUT2D eigenvalue weighted by Gasteiger charge is 2.15. The molecule has 1 atom stereocenters. The van der Waals surface area contributed by atoms with Gasteiger partial charge in [-0.1, -0.05) is 35.9 Å². The SMILES string of the molecule is C[C@H]([NH2+]CC(=O)NCc1ccc2c(c1)OCO2)c1ccccc1Cl. The van der Waals surface area contributed by atoms with Crippen molar-refractivity contribution in [2.45, 2.75) is 19.5 Å². The second-order valence-corrected chi connectivity index (χ2v) is 6.12. The highest BCUT2D eigenvalue weighted by Crippen LogP contribution is 2.32. The van der Waals surface area contributed by atoms with E-state index in [-0.39, 0.29) is 18.7 Å². The second-order valence-electron chi connectivity index (χ2n) is 5.71. The molecule has 3 N–H and O–H groups in total. The van der Waals surface area contributed by atoms with Gasteiger partial charge in [0, 0.05) is 17.1 Å². The number of fused-ring (bicyclic) bond motifs is 1. The largest absolute Gasteiger partial charge is 0.454 e. The van der Waals surface area contributed by atoms with E-state index in [1.807, 2.05) is 54.7 Å². The summed E-state index contributed by atoms with van der Waals surface area (Å²) >= 11 is 6.18. The van der Waals surface area contributed by atoms with E-state index in [9.17, 15) is 4.79 Å². The summed E-state index contributed by atoms with van der Waals surface area (Å²) in [5, 5.41) is 5.60. The predicted octanol–water partition coefficient (Wildman–Crippen LogP) is 2.01. The Morgan fingerprint density at radius 3 is 2.88 bits per heavy atom. The van der Waals surface area contributed by atoms with Gasteiger partial charge >= 0.3 is 0 Å². The predicted molar refractivity (Wildman–Crippen MR) is 91.1 cm³/mol. The quantitative estimate of drug-likeness (QED) is 0.840. The molecule has 0 saturated carbocycles. The fourth-order valence-corrected chi connectivity index (χ4v) is 2.89. The van der Waals surface area contributed by atoms with Crippen LogP contribution in [0.2, 0.25) is 5.02 Å². The number of rotatable bonds is 6. The summed E-state index contributed by atoms with van der Waals surface area (Å²) in [5.41, 5.74) is 2.01. The molecule has 0 bridgehead atoms. The minimum Gasteiger partial charge on any atom is -0.454 e. The van der Waals surface area contributed by atoms with Crippen LogP contribution in [0.4, 0.5) is 0 Å². The topological polar surface area (TPSA) is 64.2 Å². The molecule has 2 aromatic carbocycles. The highest BCUT2D eigenvalue weighted by atomic mass is 35.5. The molecule has 0 fully saturated rings. The molecule has 24 heavy (non-hydrogen) atoms. The molecular formula is C18H20ClN2O3+. The Hall–Kier alpha value is -2.24. The molecule has 1 heterocycles. The number of halogens is 1. The summed E-state index contributed by atoms with van der Waals surface area (Å²) in [5.74, 6) is 1.44. The van der Waals surface area contributed by atoms with Crippen LogP contribution in [0.3, 0.4) is 0 Å². The summed E-state index contributed by atoms with van der Waals surface area (Å²) < 4.78 is 10.6. The van der Waals surface area contributed by atoms with Gasteiger partial charge in [-0.2, -0.15) is 0 Å². The molecule has 5 nitrogen and oxygen atoms in total. The van der Waals surface area contributed by atoms with Gasteiger partial charge in [0.1, 0.15) is 6.04 Å². The number of amides is 1. The molecule has 0 aromatic heterocycles. The number of hydrogen-bond acceptors (Lipinski definition) is 3. The molecule has 1 aliphatic rings. The van der Waals surface area contributed by atoms with Crippen LogP contribution >= 0.6 is 11.6 Å². The van der Waals surface area contributed by atoms with Crippen LogP contribution < -0.4 is 20.1 Å². The van der Waals surface area contributed by atoms with Crippen LogP contribution in [-0.4, -0.2) is 19.2 Å². The first-order valence-corrected chi connectivity index (χ1v) is 8.24. The third kappa shape index (κ3) is 3.99. The number of nitrogens with one attached hydrogen (secondary N) is 1. The Morgan fingerprint density at radius 1 is 1.25 bits per heavy atom. The normalized spacial score (nSPS) is 13.6. The number of hydrogen-bond donors (Lipinski definition) is 2. The van der Waals surface area contributed by atoms with Crippen molar-refractivity contribution < 1.29 is 19.6 Å². The van der Waals surface area contributed by atoms with E-state index < -0.39 is 0 Å². The summed E-state index contributed by atoms with van der Waals surface area (Å²) in [6, 6.07) is 13.5. The zero-order chi connectivity index (χ0) is 16.9. The van der Waals surface area contributed by atoms with Crippen molar-refractivity contribution in [1.82, 2.24) is 5.32 Å². The molecule has 0 unspecified atom stereocenters. The molecule has 3 rings (SSSR count).